The average molecular weight is 257 g/mol. The molecule has 0 saturated carbocycles. The fraction of sp³-hybridized carbons (Fsp3) is 0.538. The van der Waals surface area contributed by atoms with Crippen molar-refractivity contribution in [2.24, 2.45) is 7.05 Å². The van der Waals surface area contributed by atoms with Crippen LogP contribution in [0, 0.1) is 0 Å². The Morgan fingerprint density at radius 2 is 2.00 bits per heavy atom. The zero-order valence-corrected chi connectivity index (χ0v) is 12.0. The molecular weight excluding hydrogens is 232 g/mol. The highest BCUT2D eigenvalue weighted by molar-refractivity contribution is 5.86. The second-order valence-corrected chi connectivity index (χ2v) is 3.23. The van der Waals surface area contributed by atoms with Crippen LogP contribution in [0.3, 0.4) is 0 Å². The Balaban J connectivity index is 0. The van der Waals surface area contributed by atoms with Crippen LogP contribution in [0.25, 0.3) is 0 Å². The van der Waals surface area contributed by atoms with Gasteiger partial charge in [0.25, 0.3) is 0 Å². The topological polar surface area (TPSA) is 55.3 Å². The normalized spacial score (nSPS) is 8.33. The molecule has 1 aromatic rings. The molecule has 0 radical (unpaired) electrons. The summed E-state index contributed by atoms with van der Waals surface area (Å²) in [6.07, 6.45) is 5.78. The number of hydrogen-bond donors (Lipinski definition) is 1. The van der Waals surface area contributed by atoms with Crippen LogP contribution in [0.5, 0.6) is 0 Å². The first-order chi connectivity index (χ1) is 8.59. The molecular formula is C13H25N2O3+. The van der Waals surface area contributed by atoms with Crippen molar-refractivity contribution in [2.45, 2.75) is 27.3 Å². The van der Waals surface area contributed by atoms with E-state index in [4.69, 9.17) is 9.84 Å². The lowest BCUT2D eigenvalue weighted by Gasteiger charge is -2.01. The van der Waals surface area contributed by atoms with Gasteiger partial charge in [0.05, 0.1) is 7.05 Å². The van der Waals surface area contributed by atoms with E-state index in [1.165, 1.54) is 0 Å². The molecule has 5 nitrogen and oxygen atoms in total. The molecule has 0 saturated heterocycles. The third kappa shape index (κ3) is 8.52. The molecule has 0 aliphatic rings. The lowest BCUT2D eigenvalue weighted by molar-refractivity contribution is -0.671. The predicted octanol–water partition coefficient (Wildman–Crippen LogP) is 1.07. The first kappa shape index (κ1) is 18.7. The van der Waals surface area contributed by atoms with Crippen LogP contribution in [0.15, 0.2) is 30.9 Å². The van der Waals surface area contributed by atoms with Gasteiger partial charge in [-0.1, -0.05) is 20.4 Å². The number of rotatable bonds is 4. The molecule has 0 aliphatic carbocycles. The second-order valence-electron chi connectivity index (χ2n) is 3.23. The van der Waals surface area contributed by atoms with E-state index < -0.39 is 0 Å². The van der Waals surface area contributed by atoms with Crippen molar-refractivity contribution in [3.05, 3.63) is 30.9 Å². The van der Waals surface area contributed by atoms with Crippen molar-refractivity contribution in [3.8, 4) is 0 Å². The maximum Gasteiger partial charge on any atom is 0.333 e. The molecule has 0 fully saturated rings. The number of carbonyl (C=O) groups is 1. The van der Waals surface area contributed by atoms with E-state index in [1.807, 2.05) is 48.8 Å². The van der Waals surface area contributed by atoms with Gasteiger partial charge in [-0.15, -0.1) is 0 Å². The van der Waals surface area contributed by atoms with E-state index in [0.717, 1.165) is 7.11 Å². The number of aryl methyl sites for hydroxylation is 1. The van der Waals surface area contributed by atoms with Gasteiger partial charge in [-0.05, 0) is 6.92 Å². The Bertz CT molecular complexity index is 346. The molecule has 0 unspecified atom stereocenters. The molecule has 1 aromatic heterocycles. The van der Waals surface area contributed by atoms with Gasteiger partial charge in [-0.3, -0.25) is 0 Å². The van der Waals surface area contributed by atoms with E-state index in [9.17, 15) is 4.79 Å². The summed E-state index contributed by atoms with van der Waals surface area (Å²) in [5.41, 5.74) is 0.433. The number of imidazole rings is 1. The Labute approximate surface area is 109 Å². The van der Waals surface area contributed by atoms with Gasteiger partial charge in [0.1, 0.15) is 25.5 Å². The van der Waals surface area contributed by atoms with Gasteiger partial charge in [0.2, 0.25) is 6.33 Å². The molecule has 0 spiro atoms. The number of aromatic nitrogens is 2. The first-order valence-corrected chi connectivity index (χ1v) is 5.88. The minimum absolute atomic E-state index is 0.332. The molecule has 0 aliphatic heterocycles. The predicted molar refractivity (Wildman–Crippen MR) is 70.9 cm³/mol. The van der Waals surface area contributed by atoms with Crippen LogP contribution in [0.2, 0.25) is 0 Å². The Kier molecular flexibility index (Phi) is 12.3. The molecule has 104 valence electrons. The summed E-state index contributed by atoms with van der Waals surface area (Å²) in [6, 6.07) is 0. The maximum atomic E-state index is 11.0. The number of esters is 1. The zero-order chi connectivity index (χ0) is 14.6. The van der Waals surface area contributed by atoms with E-state index in [1.54, 1.807) is 6.92 Å². The van der Waals surface area contributed by atoms with Crippen LogP contribution < -0.4 is 4.57 Å². The van der Waals surface area contributed by atoms with E-state index in [0.29, 0.717) is 18.7 Å². The number of carbonyl (C=O) groups excluding carboxylic acids is 1. The Morgan fingerprint density at radius 3 is 2.39 bits per heavy atom. The molecule has 1 N–H and O–H groups in total. The summed E-state index contributed by atoms with van der Waals surface area (Å²) >= 11 is 0. The highest BCUT2D eigenvalue weighted by atomic mass is 16.5. The third-order valence-electron chi connectivity index (χ3n) is 1.75. The molecule has 0 atom stereocenters. The van der Waals surface area contributed by atoms with Gasteiger partial charge < -0.3 is 9.84 Å². The minimum atomic E-state index is -0.332. The number of ether oxygens (including phenoxy) is 1. The molecule has 18 heavy (non-hydrogen) atoms. The van der Waals surface area contributed by atoms with E-state index in [2.05, 4.69) is 6.58 Å². The van der Waals surface area contributed by atoms with Gasteiger partial charge in [0, 0.05) is 12.7 Å². The van der Waals surface area contributed by atoms with Crippen LogP contribution in [0.1, 0.15) is 20.8 Å². The minimum Gasteiger partial charge on any atom is -0.458 e. The number of nitrogens with zero attached hydrogens (tertiary/aromatic N) is 2. The SMILES string of the molecule is C=C(C)C(=O)OCCn1cc[n+](C)c1.CC.CO. The quantitative estimate of drug-likeness (QED) is 0.498. The number of hydrogen-bond acceptors (Lipinski definition) is 3. The van der Waals surface area contributed by atoms with Crippen LogP contribution in [-0.4, -0.2) is 29.4 Å². The number of aliphatic hydroxyl groups excluding tert-OH is 1. The molecule has 1 rings (SSSR count). The van der Waals surface area contributed by atoms with Crippen molar-refractivity contribution < 1.29 is 19.2 Å². The monoisotopic (exact) mass is 257 g/mol. The van der Waals surface area contributed by atoms with Crippen molar-refractivity contribution in [3.63, 3.8) is 0 Å². The summed E-state index contributed by atoms with van der Waals surface area (Å²) in [5.74, 6) is -0.332. The van der Waals surface area contributed by atoms with E-state index >= 15 is 0 Å². The Hall–Kier alpha value is -1.62. The highest BCUT2D eigenvalue weighted by Crippen LogP contribution is 1.92. The summed E-state index contributed by atoms with van der Waals surface area (Å²) in [5, 5.41) is 7.00. The van der Waals surface area contributed by atoms with Crippen LogP contribution in [0.4, 0.5) is 0 Å². The molecule has 5 heteroatoms. The fourth-order valence-electron chi connectivity index (χ4n) is 1.00. The van der Waals surface area contributed by atoms with Gasteiger partial charge in [-0.2, -0.15) is 0 Å². The summed E-state index contributed by atoms with van der Waals surface area (Å²) in [7, 11) is 2.94. The second kappa shape index (κ2) is 11.9. The zero-order valence-electron chi connectivity index (χ0n) is 12.0. The largest absolute Gasteiger partial charge is 0.458 e. The summed E-state index contributed by atoms with van der Waals surface area (Å²) < 4.78 is 8.83. The van der Waals surface area contributed by atoms with Crippen molar-refractivity contribution in [1.29, 1.82) is 0 Å². The van der Waals surface area contributed by atoms with Crippen LogP contribution >= 0.6 is 0 Å². The molecule has 1 heterocycles. The summed E-state index contributed by atoms with van der Waals surface area (Å²) in [4.78, 5) is 11.0. The first-order valence-electron chi connectivity index (χ1n) is 5.88. The van der Waals surface area contributed by atoms with Gasteiger partial charge in [0.15, 0.2) is 0 Å². The van der Waals surface area contributed by atoms with E-state index in [-0.39, 0.29) is 5.97 Å². The standard InChI is InChI=1S/C10H15N2O2.C2H6.CH4O/c1-9(2)10(13)14-7-6-12-5-4-11(3)8-12;2*1-2/h4-5,8H,1,6-7H2,2-3H3;1-2H3;2H,1H3/q+1;;. The Morgan fingerprint density at radius 1 is 1.44 bits per heavy atom. The van der Waals surface area contributed by atoms with Gasteiger partial charge >= 0.3 is 5.97 Å². The fourth-order valence-corrected chi connectivity index (χ4v) is 1.00. The lowest BCUT2D eigenvalue weighted by atomic mass is 10.4. The molecule has 0 amide bonds. The lowest BCUT2D eigenvalue weighted by Crippen LogP contribution is -2.24. The molecule has 0 bridgehead atoms. The smallest absolute Gasteiger partial charge is 0.333 e. The van der Waals surface area contributed by atoms with Gasteiger partial charge in [-0.25, -0.2) is 13.9 Å². The molecule has 0 aromatic carbocycles. The maximum absolute atomic E-state index is 11.0. The summed E-state index contributed by atoms with van der Waals surface area (Å²) in [6.45, 7) is 10.2. The highest BCUT2D eigenvalue weighted by Gasteiger charge is 2.04. The number of aliphatic hydroxyl groups is 1. The third-order valence-corrected chi connectivity index (χ3v) is 1.75. The van der Waals surface area contributed by atoms with Crippen molar-refractivity contribution >= 4 is 5.97 Å². The average Bonchev–Trinajstić information content (AvgIpc) is 2.80. The van der Waals surface area contributed by atoms with Crippen molar-refractivity contribution in [2.75, 3.05) is 13.7 Å². The van der Waals surface area contributed by atoms with Crippen molar-refractivity contribution in [1.82, 2.24) is 4.57 Å². The van der Waals surface area contributed by atoms with Crippen LogP contribution in [-0.2, 0) is 23.1 Å².